The lowest BCUT2D eigenvalue weighted by molar-refractivity contribution is 0.0696. The third-order valence-corrected chi connectivity index (χ3v) is 4.26. The maximum atomic E-state index is 11.0. The zero-order valence-corrected chi connectivity index (χ0v) is 11.8. The standard InChI is InChI=1S/C16H22N2O2/c19-16(20)15-3-1-2-14(10-15)12-18-8-6-17(7-9-18)11-13-4-5-13/h1-3,10,13H,4-9,11-12H2,(H,19,20). The molecule has 108 valence electrons. The minimum atomic E-state index is -0.846. The molecule has 0 spiro atoms. The molecule has 20 heavy (non-hydrogen) atoms. The van der Waals surface area contributed by atoms with Gasteiger partial charge < -0.3 is 10.0 Å². The molecule has 1 saturated carbocycles. The highest BCUT2D eigenvalue weighted by Gasteiger charge is 2.26. The van der Waals surface area contributed by atoms with Gasteiger partial charge in [0.15, 0.2) is 0 Å². The molecule has 1 aromatic rings. The molecule has 1 aliphatic heterocycles. The summed E-state index contributed by atoms with van der Waals surface area (Å²) in [5.41, 5.74) is 1.48. The maximum Gasteiger partial charge on any atom is 0.335 e. The second-order valence-electron chi connectivity index (χ2n) is 6.03. The normalized spacial score (nSPS) is 21.0. The molecular weight excluding hydrogens is 252 g/mol. The lowest BCUT2D eigenvalue weighted by atomic mass is 10.1. The molecule has 3 rings (SSSR count). The van der Waals surface area contributed by atoms with Crippen molar-refractivity contribution in [1.82, 2.24) is 9.80 Å². The van der Waals surface area contributed by atoms with Crippen molar-refractivity contribution in [2.45, 2.75) is 19.4 Å². The van der Waals surface area contributed by atoms with Gasteiger partial charge in [-0.1, -0.05) is 12.1 Å². The average molecular weight is 274 g/mol. The quantitative estimate of drug-likeness (QED) is 0.891. The van der Waals surface area contributed by atoms with Crippen LogP contribution in [0.1, 0.15) is 28.8 Å². The van der Waals surface area contributed by atoms with Crippen LogP contribution in [0, 0.1) is 5.92 Å². The highest BCUT2D eigenvalue weighted by Crippen LogP contribution is 2.29. The molecule has 0 radical (unpaired) electrons. The number of hydrogen-bond acceptors (Lipinski definition) is 3. The Labute approximate surface area is 120 Å². The molecular formula is C16H22N2O2. The van der Waals surface area contributed by atoms with Crippen molar-refractivity contribution in [2.75, 3.05) is 32.7 Å². The van der Waals surface area contributed by atoms with Gasteiger partial charge in [0, 0.05) is 39.3 Å². The van der Waals surface area contributed by atoms with E-state index in [0.717, 1.165) is 44.2 Å². The summed E-state index contributed by atoms with van der Waals surface area (Å²) in [5, 5.41) is 9.02. The van der Waals surface area contributed by atoms with E-state index in [1.807, 2.05) is 12.1 Å². The van der Waals surface area contributed by atoms with Gasteiger partial charge in [0.25, 0.3) is 0 Å². The second kappa shape index (κ2) is 5.94. The van der Waals surface area contributed by atoms with Gasteiger partial charge in [-0.15, -0.1) is 0 Å². The number of nitrogens with zero attached hydrogens (tertiary/aromatic N) is 2. The molecule has 0 amide bonds. The molecule has 2 fully saturated rings. The largest absolute Gasteiger partial charge is 0.478 e. The maximum absolute atomic E-state index is 11.0. The summed E-state index contributed by atoms with van der Waals surface area (Å²) >= 11 is 0. The fourth-order valence-corrected chi connectivity index (χ4v) is 2.86. The van der Waals surface area contributed by atoms with Crippen molar-refractivity contribution in [3.8, 4) is 0 Å². The summed E-state index contributed by atoms with van der Waals surface area (Å²) in [4.78, 5) is 16.0. The Morgan fingerprint density at radius 2 is 1.85 bits per heavy atom. The SMILES string of the molecule is O=C(O)c1cccc(CN2CCN(CC3CC3)CC2)c1. The smallest absolute Gasteiger partial charge is 0.335 e. The molecule has 0 aromatic heterocycles. The number of carbonyl (C=O) groups is 1. The van der Waals surface area contributed by atoms with E-state index in [4.69, 9.17) is 5.11 Å². The summed E-state index contributed by atoms with van der Waals surface area (Å²) < 4.78 is 0. The first-order valence-electron chi connectivity index (χ1n) is 7.47. The minimum absolute atomic E-state index is 0.384. The van der Waals surface area contributed by atoms with Gasteiger partial charge >= 0.3 is 5.97 Å². The average Bonchev–Trinajstić information content (AvgIpc) is 3.25. The molecule has 0 atom stereocenters. The molecule has 1 N–H and O–H groups in total. The van der Waals surface area contributed by atoms with Crippen molar-refractivity contribution >= 4 is 5.97 Å². The first kappa shape index (κ1) is 13.6. The molecule has 4 nitrogen and oxygen atoms in total. The molecule has 0 unspecified atom stereocenters. The summed E-state index contributed by atoms with van der Waals surface area (Å²) in [7, 11) is 0. The van der Waals surface area contributed by atoms with Crippen LogP contribution in [0.25, 0.3) is 0 Å². The third-order valence-electron chi connectivity index (χ3n) is 4.26. The van der Waals surface area contributed by atoms with Gasteiger partial charge in [0.1, 0.15) is 0 Å². The molecule has 4 heteroatoms. The summed E-state index contributed by atoms with van der Waals surface area (Å²) in [6.07, 6.45) is 2.84. The van der Waals surface area contributed by atoms with Crippen LogP contribution >= 0.6 is 0 Å². The number of rotatable bonds is 5. The van der Waals surface area contributed by atoms with Crippen LogP contribution in [0.3, 0.4) is 0 Å². The van der Waals surface area contributed by atoms with Crippen LogP contribution in [0.5, 0.6) is 0 Å². The number of hydrogen-bond donors (Lipinski definition) is 1. The summed E-state index contributed by atoms with van der Waals surface area (Å²) in [5.74, 6) is 0.120. The Balaban J connectivity index is 1.51. The lowest BCUT2D eigenvalue weighted by Gasteiger charge is -2.34. The predicted molar refractivity (Wildman–Crippen MR) is 77.8 cm³/mol. The summed E-state index contributed by atoms with van der Waals surface area (Å²) in [6.45, 7) is 6.61. The fourth-order valence-electron chi connectivity index (χ4n) is 2.86. The number of aromatic carboxylic acids is 1. The van der Waals surface area contributed by atoms with Crippen molar-refractivity contribution < 1.29 is 9.90 Å². The lowest BCUT2D eigenvalue weighted by Crippen LogP contribution is -2.46. The van der Waals surface area contributed by atoms with E-state index in [9.17, 15) is 4.79 Å². The molecule has 1 heterocycles. The molecule has 1 aliphatic carbocycles. The Hall–Kier alpha value is -1.39. The second-order valence-corrected chi connectivity index (χ2v) is 6.03. The van der Waals surface area contributed by atoms with Crippen LogP contribution in [-0.4, -0.2) is 53.6 Å². The van der Waals surface area contributed by atoms with Gasteiger partial charge in [-0.3, -0.25) is 4.90 Å². The predicted octanol–water partition coefficient (Wildman–Crippen LogP) is 1.91. The van der Waals surface area contributed by atoms with E-state index in [1.165, 1.54) is 19.4 Å². The Kier molecular flexibility index (Phi) is 4.03. The highest BCUT2D eigenvalue weighted by atomic mass is 16.4. The summed E-state index contributed by atoms with van der Waals surface area (Å²) in [6, 6.07) is 7.30. The number of benzene rings is 1. The molecule has 2 aliphatic rings. The first-order valence-corrected chi connectivity index (χ1v) is 7.47. The van der Waals surface area contributed by atoms with Crippen LogP contribution < -0.4 is 0 Å². The van der Waals surface area contributed by atoms with E-state index < -0.39 is 5.97 Å². The number of piperazine rings is 1. The highest BCUT2D eigenvalue weighted by molar-refractivity contribution is 5.87. The van der Waals surface area contributed by atoms with Crippen molar-refractivity contribution in [2.24, 2.45) is 5.92 Å². The molecule has 1 saturated heterocycles. The number of carboxylic acid groups (broad SMARTS) is 1. The molecule has 0 bridgehead atoms. The van der Waals surface area contributed by atoms with Gasteiger partial charge in [0.2, 0.25) is 0 Å². The Morgan fingerprint density at radius 1 is 1.15 bits per heavy atom. The Morgan fingerprint density at radius 3 is 2.50 bits per heavy atom. The Bertz CT molecular complexity index is 477. The van der Waals surface area contributed by atoms with Crippen molar-refractivity contribution in [3.63, 3.8) is 0 Å². The van der Waals surface area contributed by atoms with E-state index in [1.54, 1.807) is 12.1 Å². The van der Waals surface area contributed by atoms with Crippen molar-refractivity contribution in [3.05, 3.63) is 35.4 Å². The van der Waals surface area contributed by atoms with E-state index in [2.05, 4.69) is 9.80 Å². The van der Waals surface area contributed by atoms with Crippen LogP contribution in [0.2, 0.25) is 0 Å². The van der Waals surface area contributed by atoms with Gasteiger partial charge in [-0.25, -0.2) is 4.79 Å². The van der Waals surface area contributed by atoms with Gasteiger partial charge in [0.05, 0.1) is 5.56 Å². The van der Waals surface area contributed by atoms with E-state index >= 15 is 0 Å². The zero-order valence-electron chi connectivity index (χ0n) is 11.8. The zero-order chi connectivity index (χ0) is 13.9. The monoisotopic (exact) mass is 274 g/mol. The van der Waals surface area contributed by atoms with Crippen molar-refractivity contribution in [1.29, 1.82) is 0 Å². The topological polar surface area (TPSA) is 43.8 Å². The molecule has 1 aromatic carbocycles. The van der Waals surface area contributed by atoms with Gasteiger partial charge in [-0.05, 0) is 36.5 Å². The third kappa shape index (κ3) is 3.58. The van der Waals surface area contributed by atoms with Crippen LogP contribution in [0.4, 0.5) is 0 Å². The number of carboxylic acids is 1. The van der Waals surface area contributed by atoms with E-state index in [0.29, 0.717) is 5.56 Å². The van der Waals surface area contributed by atoms with E-state index in [-0.39, 0.29) is 0 Å². The van der Waals surface area contributed by atoms with Crippen LogP contribution in [-0.2, 0) is 6.54 Å². The fraction of sp³-hybridized carbons (Fsp3) is 0.562. The van der Waals surface area contributed by atoms with Gasteiger partial charge in [-0.2, -0.15) is 0 Å². The van der Waals surface area contributed by atoms with Crippen LogP contribution in [0.15, 0.2) is 24.3 Å². The first-order chi connectivity index (χ1) is 9.70. The minimum Gasteiger partial charge on any atom is -0.478 e.